The molecule has 0 aliphatic carbocycles. The molecule has 0 saturated carbocycles. The first-order chi connectivity index (χ1) is 31.9. The minimum atomic E-state index is -0.734. The first kappa shape index (κ1) is 48.9. The summed E-state index contributed by atoms with van der Waals surface area (Å²) in [6.45, 7) is 24.0. The van der Waals surface area contributed by atoms with E-state index in [1.54, 1.807) is 78.9 Å². The zero-order valence-electron chi connectivity index (χ0n) is 40.8. The standard InChI is InChI=1S/C57H53F4N7.Cu/c1-54(2,3)44-39-29-38-40(30-21-13-17-25-34(30)58)45(55(4,5)6)51(62-38)65-49-42(32-23-15-19-27-36(32)60)47(57(10,11)12)53(66-49)68-50-43(33-24-16-20-28-37(33)61)46(56(7,8)9)52(67-50)64-48(63-39)41(44)31-22-14-18-26-35(31)59;/h13-29H,1-12H3;/q-2;+2. The van der Waals surface area contributed by atoms with Crippen LogP contribution in [0, 0.1) is 34.1 Å². The van der Waals surface area contributed by atoms with Gasteiger partial charge in [-0.05, 0) is 85.3 Å². The Morgan fingerprint density at radius 2 is 0.754 bits per heavy atom. The minimum Gasteiger partial charge on any atom is -0.435 e. The maximum absolute atomic E-state index is 16.4. The van der Waals surface area contributed by atoms with Crippen LogP contribution in [0.1, 0.15) is 129 Å². The Bertz CT molecular complexity index is 3210. The van der Waals surface area contributed by atoms with Crippen LogP contribution >= 0.6 is 0 Å². The van der Waals surface area contributed by atoms with Gasteiger partial charge in [-0.25, -0.2) is 27.5 Å². The second-order valence-electron chi connectivity index (χ2n) is 21.6. The maximum Gasteiger partial charge on any atom is 2.00 e. The fourth-order valence-corrected chi connectivity index (χ4v) is 9.51. The third-order valence-electron chi connectivity index (χ3n) is 12.2. The molecule has 0 fully saturated rings. The van der Waals surface area contributed by atoms with E-state index in [2.05, 4.69) is 0 Å². The van der Waals surface area contributed by atoms with Crippen molar-refractivity contribution in [2.75, 3.05) is 0 Å². The van der Waals surface area contributed by atoms with Gasteiger partial charge in [0, 0.05) is 50.3 Å². The number of nitrogens with zero attached hydrogens (tertiary/aromatic N) is 7. The van der Waals surface area contributed by atoms with Gasteiger partial charge in [0.05, 0.1) is 23.2 Å². The van der Waals surface area contributed by atoms with Crippen molar-refractivity contribution in [1.29, 1.82) is 0 Å². The molecule has 0 unspecified atom stereocenters. The van der Waals surface area contributed by atoms with Gasteiger partial charge in [-0.1, -0.05) is 162 Å². The zero-order valence-corrected chi connectivity index (χ0v) is 41.7. The second-order valence-corrected chi connectivity index (χ2v) is 21.6. The fraction of sp³-hybridized carbons (Fsp3) is 0.281. The first-order valence-electron chi connectivity index (χ1n) is 22.8. The summed E-state index contributed by atoms with van der Waals surface area (Å²) in [5, 5.41) is 0. The zero-order chi connectivity index (χ0) is 48.8. The Labute approximate surface area is 411 Å². The number of rotatable bonds is 4. The van der Waals surface area contributed by atoms with Crippen molar-refractivity contribution in [3.8, 4) is 22.3 Å². The molecule has 7 nitrogen and oxygen atoms in total. The molecular weight excluding hydrogens is 922 g/mol. The van der Waals surface area contributed by atoms with Crippen LogP contribution in [0.5, 0.6) is 0 Å². The van der Waals surface area contributed by atoms with Crippen LogP contribution in [0.2, 0.25) is 0 Å². The van der Waals surface area contributed by atoms with Crippen molar-refractivity contribution < 1.29 is 34.6 Å². The van der Waals surface area contributed by atoms with Gasteiger partial charge in [0.1, 0.15) is 23.3 Å². The van der Waals surface area contributed by atoms with Gasteiger partial charge in [-0.2, -0.15) is 0 Å². The van der Waals surface area contributed by atoms with E-state index in [9.17, 15) is 0 Å². The molecule has 69 heavy (non-hydrogen) atoms. The van der Waals surface area contributed by atoms with Gasteiger partial charge in [-0.3, -0.25) is 0 Å². The van der Waals surface area contributed by atoms with Crippen molar-refractivity contribution >= 4 is 44.8 Å². The number of benzene rings is 4. The van der Waals surface area contributed by atoms with E-state index < -0.39 is 44.9 Å². The molecule has 2 aliphatic rings. The maximum atomic E-state index is 16.4. The molecule has 2 aliphatic heterocycles. The Hall–Kier alpha value is -6.49. The van der Waals surface area contributed by atoms with Crippen molar-refractivity contribution in [3.05, 3.63) is 172 Å². The number of allylic oxidation sites excluding steroid dienone is 2. The van der Waals surface area contributed by atoms with Crippen LogP contribution in [0.25, 0.3) is 67.0 Å². The van der Waals surface area contributed by atoms with E-state index in [4.69, 9.17) is 34.9 Å². The van der Waals surface area contributed by atoms with E-state index in [1.165, 1.54) is 24.3 Å². The smallest absolute Gasteiger partial charge is 0.435 e. The molecule has 0 amide bonds. The van der Waals surface area contributed by atoms with Crippen LogP contribution in [-0.2, 0) is 27.9 Å². The van der Waals surface area contributed by atoms with Gasteiger partial charge in [0.15, 0.2) is 0 Å². The molecule has 5 heterocycles. The van der Waals surface area contributed by atoms with Crippen LogP contribution < -0.4 is 9.97 Å². The summed E-state index contributed by atoms with van der Waals surface area (Å²) < 4.78 is 65.6. The van der Waals surface area contributed by atoms with E-state index in [0.717, 1.165) is 0 Å². The van der Waals surface area contributed by atoms with E-state index in [-0.39, 0.29) is 68.2 Å². The van der Waals surface area contributed by atoms with Gasteiger partial charge in [0.2, 0.25) is 0 Å². The van der Waals surface area contributed by atoms with E-state index >= 15 is 17.6 Å². The van der Waals surface area contributed by atoms with Crippen molar-refractivity contribution in [2.24, 2.45) is 10.8 Å². The molecule has 1 radical (unpaired) electrons. The van der Waals surface area contributed by atoms with Crippen LogP contribution in [0.4, 0.5) is 17.6 Å². The van der Waals surface area contributed by atoms with E-state index in [1.807, 2.05) is 83.1 Å². The molecule has 0 saturated heterocycles. The predicted octanol–water partition coefficient (Wildman–Crippen LogP) is 14.3. The molecule has 355 valence electrons. The summed E-state index contributed by atoms with van der Waals surface area (Å²) in [5.74, 6) is -1.48. The van der Waals surface area contributed by atoms with Crippen LogP contribution in [0.15, 0.2) is 103 Å². The summed E-state index contributed by atoms with van der Waals surface area (Å²) in [4.78, 5) is 36.6. The molecule has 9 rings (SSSR count). The Morgan fingerprint density at radius 1 is 0.377 bits per heavy atom. The van der Waals surface area contributed by atoms with Gasteiger partial charge < -0.3 is 24.9 Å². The second kappa shape index (κ2) is 17.5. The number of hydrogen-bond donors (Lipinski definition) is 0. The molecule has 4 aromatic carbocycles. The van der Waals surface area contributed by atoms with Crippen molar-refractivity contribution in [2.45, 2.75) is 93.9 Å². The average molecular weight is 976 g/mol. The van der Waals surface area contributed by atoms with Gasteiger partial charge in [0.25, 0.3) is 0 Å². The molecule has 0 spiro atoms. The molecule has 3 aromatic heterocycles. The largest absolute Gasteiger partial charge is 2.00 e. The average Bonchev–Trinajstić information content (AvgIpc) is 3.99. The number of aromatic nitrogens is 7. The van der Waals surface area contributed by atoms with E-state index in [0.29, 0.717) is 61.3 Å². The normalized spacial score (nSPS) is 13.6. The third-order valence-corrected chi connectivity index (χ3v) is 12.2. The molecular formula is C57H53CuF4N7. The topological polar surface area (TPSA) is 92.6 Å². The van der Waals surface area contributed by atoms with Crippen molar-refractivity contribution in [1.82, 2.24) is 34.9 Å². The predicted molar refractivity (Wildman–Crippen MR) is 264 cm³/mol. The molecule has 0 N–H and O–H groups in total. The minimum absolute atomic E-state index is 0. The Kier molecular flexibility index (Phi) is 12.4. The molecule has 12 heteroatoms. The summed E-state index contributed by atoms with van der Waals surface area (Å²) >= 11 is 0. The summed E-state index contributed by atoms with van der Waals surface area (Å²) in [7, 11) is 0. The summed E-state index contributed by atoms with van der Waals surface area (Å²) in [6, 6.07) is 27.7. The Morgan fingerprint density at radius 3 is 1.20 bits per heavy atom. The summed E-state index contributed by atoms with van der Waals surface area (Å²) in [5.41, 5.74) is 3.61. The number of hydrogen-bond acceptors (Lipinski definition) is 5. The monoisotopic (exact) mass is 974 g/mol. The van der Waals surface area contributed by atoms with Gasteiger partial charge in [-0.15, -0.1) is 0 Å². The SMILES string of the molecule is CC(C)(C)C1=C(c2ccccc2F)c2nc1cc1[n-]c(nc3nc(nc4[n-]c(n2)c(C(C)(C)C)c4-c2ccccc2F)C(C(C)(C)C)=C3c2ccccc2F)c(C(C)(C)C)c1-c1ccccc1F.[Cu+2]. The van der Waals surface area contributed by atoms with Crippen LogP contribution in [0.3, 0.4) is 0 Å². The quantitative estimate of drug-likeness (QED) is 0.128. The molecule has 8 bridgehead atoms. The summed E-state index contributed by atoms with van der Waals surface area (Å²) in [6.07, 6.45) is 0. The molecule has 0 atom stereocenters. The van der Waals surface area contributed by atoms with Crippen LogP contribution in [-0.4, -0.2) is 24.9 Å². The number of fused-ring (bicyclic) bond motifs is 8. The molecule has 7 aromatic rings. The Balaban J connectivity index is 0.00000642. The fourth-order valence-electron chi connectivity index (χ4n) is 9.51. The third kappa shape index (κ3) is 8.78. The van der Waals surface area contributed by atoms with Crippen molar-refractivity contribution in [3.63, 3.8) is 0 Å². The number of halogens is 4. The first-order valence-corrected chi connectivity index (χ1v) is 22.8. The van der Waals surface area contributed by atoms with Gasteiger partial charge >= 0.3 is 17.1 Å².